The van der Waals surface area contributed by atoms with Crippen LogP contribution < -0.4 is 4.72 Å². The molecule has 0 unspecified atom stereocenters. The number of hydrogen-bond donors (Lipinski definition) is 2. The number of hydrogen-bond acceptors (Lipinski definition) is 5. The maximum absolute atomic E-state index is 12.5. The fourth-order valence-electron chi connectivity index (χ4n) is 2.02. The van der Waals surface area contributed by atoms with Crippen LogP contribution in [0, 0.1) is 0 Å². The zero-order chi connectivity index (χ0) is 18.5. The van der Waals surface area contributed by atoms with Gasteiger partial charge in [0.05, 0.1) is 29.8 Å². The third-order valence-electron chi connectivity index (χ3n) is 3.28. The average Bonchev–Trinajstić information content (AvgIpc) is 3.08. The van der Waals surface area contributed by atoms with Gasteiger partial charge >= 0.3 is 6.18 Å². The van der Waals surface area contributed by atoms with Crippen molar-refractivity contribution in [3.8, 4) is 0 Å². The van der Waals surface area contributed by atoms with Crippen LogP contribution in [-0.4, -0.2) is 33.3 Å². The predicted molar refractivity (Wildman–Crippen MR) is 86.7 cm³/mol. The fourth-order valence-corrected chi connectivity index (χ4v) is 3.75. The highest BCUT2D eigenvalue weighted by Crippen LogP contribution is 2.29. The molecular formula is C15H16F3NO4S2. The van der Waals surface area contributed by atoms with Crippen LogP contribution in [0.1, 0.15) is 17.2 Å². The molecule has 0 aliphatic carbocycles. The van der Waals surface area contributed by atoms with E-state index < -0.39 is 27.9 Å². The first-order chi connectivity index (χ1) is 11.7. The van der Waals surface area contributed by atoms with Crippen molar-refractivity contribution in [1.82, 2.24) is 4.72 Å². The molecule has 1 aromatic heterocycles. The number of halogens is 3. The van der Waals surface area contributed by atoms with Crippen molar-refractivity contribution in [2.75, 3.05) is 19.8 Å². The van der Waals surface area contributed by atoms with Gasteiger partial charge in [0, 0.05) is 6.54 Å². The van der Waals surface area contributed by atoms with Gasteiger partial charge in [-0.05, 0) is 46.7 Å². The Bertz CT molecular complexity index is 759. The molecular weight excluding hydrogens is 379 g/mol. The quantitative estimate of drug-likeness (QED) is 0.721. The molecule has 0 saturated carbocycles. The van der Waals surface area contributed by atoms with Gasteiger partial charge in [0.2, 0.25) is 10.0 Å². The molecule has 1 aromatic carbocycles. The fraction of sp³-hybridized carbons (Fsp3) is 0.333. The lowest BCUT2D eigenvalue weighted by Gasteiger charge is -2.17. The summed E-state index contributed by atoms with van der Waals surface area (Å²) in [7, 11) is -3.99. The van der Waals surface area contributed by atoms with Gasteiger partial charge in [0.25, 0.3) is 0 Å². The van der Waals surface area contributed by atoms with Crippen LogP contribution in [0.2, 0.25) is 0 Å². The number of rotatable bonds is 8. The molecule has 0 radical (unpaired) electrons. The Balaban J connectivity index is 2.09. The Labute approximate surface area is 147 Å². The van der Waals surface area contributed by atoms with Gasteiger partial charge in [0.1, 0.15) is 0 Å². The van der Waals surface area contributed by atoms with Gasteiger partial charge in [-0.15, -0.1) is 0 Å². The van der Waals surface area contributed by atoms with Gasteiger partial charge in [-0.1, -0.05) is 0 Å². The molecule has 5 nitrogen and oxygen atoms in total. The Morgan fingerprint density at radius 1 is 1.20 bits per heavy atom. The van der Waals surface area contributed by atoms with Gasteiger partial charge in [0.15, 0.2) is 0 Å². The summed E-state index contributed by atoms with van der Waals surface area (Å²) in [6.45, 7) is -0.297. The molecule has 1 atom stereocenters. The third-order valence-corrected chi connectivity index (χ3v) is 5.42. The second kappa shape index (κ2) is 8.28. The first-order valence-electron chi connectivity index (χ1n) is 7.15. The topological polar surface area (TPSA) is 75.6 Å². The van der Waals surface area contributed by atoms with E-state index in [1.165, 1.54) is 11.3 Å². The van der Waals surface area contributed by atoms with Crippen LogP contribution >= 0.6 is 11.3 Å². The van der Waals surface area contributed by atoms with Crippen LogP contribution in [-0.2, 0) is 20.9 Å². The second-order valence-corrected chi connectivity index (χ2v) is 7.56. The second-order valence-electron chi connectivity index (χ2n) is 5.01. The highest BCUT2D eigenvalue weighted by atomic mass is 32.2. The van der Waals surface area contributed by atoms with E-state index in [2.05, 4.69) is 4.72 Å². The largest absolute Gasteiger partial charge is 0.416 e. The van der Waals surface area contributed by atoms with Crippen molar-refractivity contribution < 1.29 is 31.4 Å². The molecule has 1 heterocycles. The SMILES string of the molecule is O=S(=O)(NC[C@@H](OCCO)c1ccsc1)c1ccc(C(F)(F)F)cc1. The maximum Gasteiger partial charge on any atom is 0.416 e. The molecule has 138 valence electrons. The van der Waals surface area contributed by atoms with Crippen molar-refractivity contribution in [2.45, 2.75) is 17.2 Å². The lowest BCUT2D eigenvalue weighted by atomic mass is 10.2. The molecule has 0 fully saturated rings. The van der Waals surface area contributed by atoms with E-state index >= 15 is 0 Å². The summed E-state index contributed by atoms with van der Waals surface area (Å²) in [4.78, 5) is -0.272. The molecule has 2 rings (SSSR count). The van der Waals surface area contributed by atoms with Crippen LogP contribution in [0.3, 0.4) is 0 Å². The molecule has 25 heavy (non-hydrogen) atoms. The summed E-state index contributed by atoms with van der Waals surface area (Å²) in [5.41, 5.74) is -0.178. The van der Waals surface area contributed by atoms with E-state index in [1.54, 1.807) is 16.8 Å². The number of alkyl halides is 3. The van der Waals surface area contributed by atoms with Gasteiger partial charge in [-0.3, -0.25) is 0 Å². The number of thiophene rings is 1. The van der Waals surface area contributed by atoms with Crippen LogP contribution in [0.4, 0.5) is 13.2 Å². The minimum absolute atomic E-state index is 0.0303. The predicted octanol–water partition coefficient (Wildman–Crippen LogP) is 2.80. The van der Waals surface area contributed by atoms with Crippen molar-refractivity contribution in [3.63, 3.8) is 0 Å². The lowest BCUT2D eigenvalue weighted by Crippen LogP contribution is -2.30. The Hall–Kier alpha value is -1.46. The van der Waals surface area contributed by atoms with E-state index in [9.17, 15) is 21.6 Å². The van der Waals surface area contributed by atoms with Gasteiger partial charge < -0.3 is 9.84 Å². The Morgan fingerprint density at radius 2 is 1.88 bits per heavy atom. The van der Waals surface area contributed by atoms with Crippen LogP contribution in [0.25, 0.3) is 0 Å². The minimum Gasteiger partial charge on any atom is -0.394 e. The van der Waals surface area contributed by atoms with Gasteiger partial charge in [-0.2, -0.15) is 24.5 Å². The number of sulfonamides is 1. The van der Waals surface area contributed by atoms with Crippen molar-refractivity contribution in [2.24, 2.45) is 0 Å². The van der Waals surface area contributed by atoms with Crippen molar-refractivity contribution in [1.29, 1.82) is 0 Å². The van der Waals surface area contributed by atoms with Crippen LogP contribution in [0.5, 0.6) is 0 Å². The zero-order valence-corrected chi connectivity index (χ0v) is 14.5. The summed E-state index contributed by atoms with van der Waals surface area (Å²) in [6.07, 6.45) is -5.14. The lowest BCUT2D eigenvalue weighted by molar-refractivity contribution is -0.137. The van der Waals surface area contributed by atoms with Gasteiger partial charge in [-0.25, -0.2) is 13.1 Å². The Morgan fingerprint density at radius 3 is 2.40 bits per heavy atom. The molecule has 2 N–H and O–H groups in total. The standard InChI is InChI=1S/C15H16F3NO4S2/c16-15(17,18)12-1-3-13(4-2-12)25(21,22)19-9-14(23-7-6-20)11-5-8-24-10-11/h1-5,8,10,14,19-20H,6-7,9H2/t14-/m1/s1. The molecule has 0 bridgehead atoms. The van der Waals surface area contributed by atoms with Crippen molar-refractivity contribution in [3.05, 3.63) is 52.2 Å². The highest BCUT2D eigenvalue weighted by molar-refractivity contribution is 7.89. The molecule has 0 aliphatic heterocycles. The summed E-state index contributed by atoms with van der Waals surface area (Å²) in [6, 6.07) is 5.00. The van der Waals surface area contributed by atoms with Crippen molar-refractivity contribution >= 4 is 21.4 Å². The van der Waals surface area contributed by atoms with Crippen LogP contribution in [0.15, 0.2) is 46.0 Å². The molecule has 0 saturated heterocycles. The maximum atomic E-state index is 12.5. The molecule has 0 spiro atoms. The normalized spacial score (nSPS) is 13.8. The smallest absolute Gasteiger partial charge is 0.394 e. The molecule has 10 heteroatoms. The number of ether oxygens (including phenoxy) is 1. The Kier molecular flexibility index (Phi) is 6.58. The number of benzene rings is 1. The highest BCUT2D eigenvalue weighted by Gasteiger charge is 2.30. The molecule has 2 aromatic rings. The average molecular weight is 395 g/mol. The first-order valence-corrected chi connectivity index (χ1v) is 9.58. The van der Waals surface area contributed by atoms with E-state index in [4.69, 9.17) is 9.84 Å². The van der Waals surface area contributed by atoms with E-state index in [0.717, 1.165) is 17.7 Å². The van der Waals surface area contributed by atoms with E-state index in [1.807, 2.05) is 0 Å². The monoisotopic (exact) mass is 395 g/mol. The summed E-state index contributed by atoms with van der Waals surface area (Å²) in [5.74, 6) is 0. The summed E-state index contributed by atoms with van der Waals surface area (Å²) >= 11 is 1.41. The molecule has 0 aliphatic rings. The third kappa shape index (κ3) is 5.51. The minimum atomic E-state index is -4.53. The molecule has 0 amide bonds. The van der Waals surface area contributed by atoms with E-state index in [0.29, 0.717) is 12.1 Å². The summed E-state index contributed by atoms with van der Waals surface area (Å²) < 4.78 is 69.9. The number of nitrogens with one attached hydrogen (secondary N) is 1. The number of aliphatic hydroxyl groups excluding tert-OH is 1. The summed E-state index contributed by atoms with van der Waals surface area (Å²) in [5, 5.41) is 12.4. The number of aliphatic hydroxyl groups is 1. The first kappa shape index (κ1) is 19.9. The van der Waals surface area contributed by atoms with E-state index in [-0.39, 0.29) is 24.7 Å². The zero-order valence-electron chi connectivity index (χ0n) is 12.9.